The van der Waals surface area contributed by atoms with Gasteiger partial charge in [-0.3, -0.25) is 0 Å². The number of nitrogens with one attached hydrogen (secondary N) is 1. The molecule has 0 unspecified atom stereocenters. The number of hydrogen-bond donors (Lipinski definition) is 2. The molecule has 0 spiro atoms. The minimum atomic E-state index is 0.591. The first-order chi connectivity index (χ1) is 6.86. The zero-order valence-corrected chi connectivity index (χ0v) is 7.96. The van der Waals surface area contributed by atoms with Gasteiger partial charge in [-0.05, 0) is 30.5 Å². The van der Waals surface area contributed by atoms with Gasteiger partial charge in [0.1, 0.15) is 5.82 Å². The SMILES string of the molecule is NCc1ccc2nc(C3CC3)[nH]c2c1. The van der Waals surface area contributed by atoms with E-state index in [1.807, 2.05) is 12.1 Å². The topological polar surface area (TPSA) is 54.7 Å². The molecule has 1 saturated carbocycles. The van der Waals surface area contributed by atoms with Crippen LogP contribution in [0.25, 0.3) is 11.0 Å². The fraction of sp³-hybridized carbons (Fsp3) is 0.364. The number of rotatable bonds is 2. The van der Waals surface area contributed by atoms with Crippen molar-refractivity contribution in [1.82, 2.24) is 9.97 Å². The molecule has 3 rings (SSSR count). The van der Waals surface area contributed by atoms with E-state index in [9.17, 15) is 0 Å². The Morgan fingerprint density at radius 1 is 1.43 bits per heavy atom. The molecule has 72 valence electrons. The highest BCUT2D eigenvalue weighted by molar-refractivity contribution is 5.76. The van der Waals surface area contributed by atoms with Crippen LogP contribution < -0.4 is 5.73 Å². The standard InChI is InChI=1S/C11H13N3/c12-6-7-1-4-9-10(5-7)14-11(13-9)8-2-3-8/h1,4-5,8H,2-3,6,12H2,(H,13,14). The van der Waals surface area contributed by atoms with Crippen LogP contribution in [-0.4, -0.2) is 9.97 Å². The predicted molar refractivity (Wildman–Crippen MR) is 56.0 cm³/mol. The fourth-order valence-electron chi connectivity index (χ4n) is 1.75. The third kappa shape index (κ3) is 1.21. The maximum Gasteiger partial charge on any atom is 0.110 e. The minimum Gasteiger partial charge on any atom is -0.342 e. The van der Waals surface area contributed by atoms with Crippen LogP contribution in [0.5, 0.6) is 0 Å². The summed E-state index contributed by atoms with van der Waals surface area (Å²) in [5.74, 6) is 1.83. The highest BCUT2D eigenvalue weighted by Gasteiger charge is 2.26. The maximum atomic E-state index is 5.59. The van der Waals surface area contributed by atoms with Crippen LogP contribution in [0.15, 0.2) is 18.2 Å². The van der Waals surface area contributed by atoms with Gasteiger partial charge in [0, 0.05) is 12.5 Å². The molecule has 0 aliphatic heterocycles. The fourth-order valence-corrected chi connectivity index (χ4v) is 1.75. The second kappa shape index (κ2) is 2.82. The zero-order valence-electron chi connectivity index (χ0n) is 7.96. The van der Waals surface area contributed by atoms with E-state index in [1.165, 1.54) is 12.8 Å². The number of aromatic nitrogens is 2. The summed E-state index contributed by atoms with van der Waals surface area (Å²) in [6.45, 7) is 0.591. The molecule has 3 nitrogen and oxygen atoms in total. The normalized spacial score (nSPS) is 16.4. The summed E-state index contributed by atoms with van der Waals surface area (Å²) < 4.78 is 0. The van der Waals surface area contributed by atoms with Gasteiger partial charge in [-0.2, -0.15) is 0 Å². The van der Waals surface area contributed by atoms with Crippen LogP contribution >= 0.6 is 0 Å². The van der Waals surface area contributed by atoms with Gasteiger partial charge in [0.25, 0.3) is 0 Å². The Bertz CT molecular complexity index is 468. The summed E-state index contributed by atoms with van der Waals surface area (Å²) in [5.41, 5.74) is 8.92. The van der Waals surface area contributed by atoms with E-state index in [2.05, 4.69) is 16.0 Å². The second-order valence-electron chi connectivity index (χ2n) is 3.95. The van der Waals surface area contributed by atoms with E-state index in [4.69, 9.17) is 5.73 Å². The van der Waals surface area contributed by atoms with Gasteiger partial charge in [-0.15, -0.1) is 0 Å². The van der Waals surface area contributed by atoms with Crippen molar-refractivity contribution in [3.8, 4) is 0 Å². The monoisotopic (exact) mass is 187 g/mol. The number of H-pyrrole nitrogens is 1. The molecule has 3 heteroatoms. The number of fused-ring (bicyclic) bond motifs is 1. The van der Waals surface area contributed by atoms with Crippen LogP contribution in [0.3, 0.4) is 0 Å². The molecular weight excluding hydrogens is 174 g/mol. The Labute approximate surface area is 82.3 Å². The number of nitrogens with two attached hydrogens (primary N) is 1. The van der Waals surface area contributed by atoms with Crippen LogP contribution in [0.1, 0.15) is 30.1 Å². The Hall–Kier alpha value is -1.35. The van der Waals surface area contributed by atoms with Gasteiger partial charge in [-0.1, -0.05) is 6.07 Å². The van der Waals surface area contributed by atoms with Gasteiger partial charge in [0.05, 0.1) is 11.0 Å². The molecule has 0 radical (unpaired) electrons. The first kappa shape index (κ1) is 8.00. The molecule has 1 fully saturated rings. The molecule has 0 bridgehead atoms. The molecule has 1 heterocycles. The van der Waals surface area contributed by atoms with Crippen molar-refractivity contribution in [2.45, 2.75) is 25.3 Å². The molecular formula is C11H13N3. The lowest BCUT2D eigenvalue weighted by Gasteiger charge is -1.94. The zero-order chi connectivity index (χ0) is 9.54. The van der Waals surface area contributed by atoms with Crippen molar-refractivity contribution in [3.05, 3.63) is 29.6 Å². The maximum absolute atomic E-state index is 5.59. The Kier molecular flexibility index (Phi) is 1.61. The van der Waals surface area contributed by atoms with Crippen molar-refractivity contribution < 1.29 is 0 Å². The Balaban J connectivity index is 2.12. The third-order valence-electron chi connectivity index (χ3n) is 2.76. The van der Waals surface area contributed by atoms with Crippen molar-refractivity contribution in [1.29, 1.82) is 0 Å². The highest BCUT2D eigenvalue weighted by Crippen LogP contribution is 2.38. The largest absolute Gasteiger partial charge is 0.342 e. The molecule has 2 aromatic rings. The molecule has 1 aliphatic carbocycles. The summed E-state index contributed by atoms with van der Waals surface area (Å²) >= 11 is 0. The predicted octanol–water partition coefficient (Wildman–Crippen LogP) is 1.90. The number of nitrogens with zero attached hydrogens (tertiary/aromatic N) is 1. The van der Waals surface area contributed by atoms with E-state index < -0.39 is 0 Å². The molecule has 1 aromatic carbocycles. The summed E-state index contributed by atoms with van der Waals surface area (Å²) in [5, 5.41) is 0. The van der Waals surface area contributed by atoms with Crippen LogP contribution in [0.2, 0.25) is 0 Å². The van der Waals surface area contributed by atoms with Crippen LogP contribution in [0.4, 0.5) is 0 Å². The van der Waals surface area contributed by atoms with Crippen molar-refractivity contribution in [2.75, 3.05) is 0 Å². The highest BCUT2D eigenvalue weighted by atomic mass is 14.9. The number of hydrogen-bond acceptors (Lipinski definition) is 2. The molecule has 0 amide bonds. The second-order valence-corrected chi connectivity index (χ2v) is 3.95. The Morgan fingerprint density at radius 2 is 2.29 bits per heavy atom. The van der Waals surface area contributed by atoms with Gasteiger partial charge >= 0.3 is 0 Å². The number of aromatic amines is 1. The Morgan fingerprint density at radius 3 is 3.00 bits per heavy atom. The van der Waals surface area contributed by atoms with Crippen LogP contribution in [-0.2, 0) is 6.54 Å². The lowest BCUT2D eigenvalue weighted by Crippen LogP contribution is -1.95. The van der Waals surface area contributed by atoms with Gasteiger partial charge in [0.15, 0.2) is 0 Å². The number of benzene rings is 1. The van der Waals surface area contributed by atoms with E-state index in [1.54, 1.807) is 0 Å². The molecule has 0 saturated heterocycles. The smallest absolute Gasteiger partial charge is 0.110 e. The van der Waals surface area contributed by atoms with Crippen molar-refractivity contribution in [2.24, 2.45) is 5.73 Å². The summed E-state index contributed by atoms with van der Waals surface area (Å²) in [6, 6.07) is 6.17. The summed E-state index contributed by atoms with van der Waals surface area (Å²) in [4.78, 5) is 7.92. The average molecular weight is 187 g/mol. The molecule has 1 aliphatic rings. The van der Waals surface area contributed by atoms with Gasteiger partial charge in [-0.25, -0.2) is 4.98 Å². The molecule has 3 N–H and O–H groups in total. The van der Waals surface area contributed by atoms with E-state index in [0.717, 1.165) is 22.4 Å². The third-order valence-corrected chi connectivity index (χ3v) is 2.76. The first-order valence-corrected chi connectivity index (χ1v) is 5.05. The van der Waals surface area contributed by atoms with E-state index in [0.29, 0.717) is 12.5 Å². The van der Waals surface area contributed by atoms with E-state index >= 15 is 0 Å². The average Bonchev–Trinajstić information content (AvgIpc) is 2.97. The van der Waals surface area contributed by atoms with Gasteiger partial charge < -0.3 is 10.7 Å². The summed E-state index contributed by atoms with van der Waals surface area (Å²) in [6.07, 6.45) is 2.56. The minimum absolute atomic E-state index is 0.591. The van der Waals surface area contributed by atoms with Crippen molar-refractivity contribution >= 4 is 11.0 Å². The lowest BCUT2D eigenvalue weighted by atomic mass is 10.2. The van der Waals surface area contributed by atoms with E-state index in [-0.39, 0.29) is 0 Å². The molecule has 1 aromatic heterocycles. The van der Waals surface area contributed by atoms with Gasteiger partial charge in [0.2, 0.25) is 0 Å². The van der Waals surface area contributed by atoms with Crippen LogP contribution in [0, 0.1) is 0 Å². The lowest BCUT2D eigenvalue weighted by molar-refractivity contribution is 0.986. The number of imidazole rings is 1. The molecule has 14 heavy (non-hydrogen) atoms. The quantitative estimate of drug-likeness (QED) is 0.754. The van der Waals surface area contributed by atoms with Crippen molar-refractivity contribution in [3.63, 3.8) is 0 Å². The summed E-state index contributed by atoms with van der Waals surface area (Å²) in [7, 11) is 0. The molecule has 0 atom stereocenters. The first-order valence-electron chi connectivity index (χ1n) is 5.05.